The number of benzene rings is 1. The highest BCUT2D eigenvalue weighted by molar-refractivity contribution is 6.25. The van der Waals surface area contributed by atoms with Crippen LogP contribution < -0.4 is 0 Å². The number of aryl methyl sites for hydroxylation is 1. The SMILES string of the molecule is CCCCCc1cc(F)c(C#C[C@H]2CC[C@H](C=CCl)CC2)c(F)c1. The summed E-state index contributed by atoms with van der Waals surface area (Å²) in [4.78, 5) is 0. The molecule has 24 heavy (non-hydrogen) atoms. The van der Waals surface area contributed by atoms with Crippen molar-refractivity contribution in [2.75, 3.05) is 0 Å². The number of hydrogen-bond acceptors (Lipinski definition) is 0. The summed E-state index contributed by atoms with van der Waals surface area (Å²) in [5.74, 6) is 5.47. The number of unbranched alkanes of at least 4 members (excludes halogenated alkanes) is 2. The maximum absolute atomic E-state index is 14.2. The molecule has 0 atom stereocenters. The molecule has 0 radical (unpaired) electrons. The van der Waals surface area contributed by atoms with Gasteiger partial charge in [0.15, 0.2) is 0 Å². The summed E-state index contributed by atoms with van der Waals surface area (Å²) in [6.45, 7) is 2.11. The van der Waals surface area contributed by atoms with Crippen molar-refractivity contribution in [2.24, 2.45) is 11.8 Å². The van der Waals surface area contributed by atoms with Crippen molar-refractivity contribution in [3.05, 3.63) is 46.5 Å². The lowest BCUT2D eigenvalue weighted by atomic mass is 9.82. The van der Waals surface area contributed by atoms with E-state index < -0.39 is 11.6 Å². The van der Waals surface area contributed by atoms with Crippen molar-refractivity contribution >= 4 is 11.6 Å². The molecule has 0 saturated heterocycles. The van der Waals surface area contributed by atoms with Gasteiger partial charge in [-0.2, -0.15) is 0 Å². The Balaban J connectivity index is 2.00. The fourth-order valence-corrected chi connectivity index (χ4v) is 3.41. The fraction of sp³-hybridized carbons (Fsp3) is 0.524. The van der Waals surface area contributed by atoms with Crippen LogP contribution >= 0.6 is 11.6 Å². The van der Waals surface area contributed by atoms with Crippen molar-refractivity contribution in [1.29, 1.82) is 0 Å². The van der Waals surface area contributed by atoms with Crippen molar-refractivity contribution in [1.82, 2.24) is 0 Å². The molecule has 1 saturated carbocycles. The van der Waals surface area contributed by atoms with E-state index in [1.165, 1.54) is 12.1 Å². The van der Waals surface area contributed by atoms with Gasteiger partial charge in [-0.05, 0) is 62.1 Å². The van der Waals surface area contributed by atoms with Gasteiger partial charge in [-0.25, -0.2) is 8.78 Å². The second-order valence-corrected chi connectivity index (χ2v) is 6.84. The molecule has 0 N–H and O–H groups in total. The molecule has 1 aromatic carbocycles. The predicted octanol–water partition coefficient (Wildman–Crippen LogP) is 6.61. The minimum absolute atomic E-state index is 0.0861. The van der Waals surface area contributed by atoms with Crippen LogP contribution in [0.25, 0.3) is 0 Å². The molecular formula is C21H25ClF2. The van der Waals surface area contributed by atoms with Gasteiger partial charge in [0.05, 0.1) is 5.56 Å². The molecule has 0 aromatic heterocycles. The van der Waals surface area contributed by atoms with E-state index in [-0.39, 0.29) is 11.5 Å². The van der Waals surface area contributed by atoms with Crippen molar-refractivity contribution < 1.29 is 8.78 Å². The molecule has 130 valence electrons. The van der Waals surface area contributed by atoms with Crippen molar-refractivity contribution in [3.63, 3.8) is 0 Å². The monoisotopic (exact) mass is 350 g/mol. The van der Waals surface area contributed by atoms with Crippen LogP contribution in [0, 0.1) is 35.3 Å². The predicted molar refractivity (Wildman–Crippen MR) is 96.9 cm³/mol. The normalized spacial score (nSPS) is 20.8. The van der Waals surface area contributed by atoms with Crippen LogP contribution in [0.1, 0.15) is 63.0 Å². The zero-order valence-corrected chi connectivity index (χ0v) is 15.0. The summed E-state index contributed by atoms with van der Waals surface area (Å²) in [7, 11) is 0. The van der Waals surface area contributed by atoms with Crippen molar-refractivity contribution in [3.8, 4) is 11.8 Å². The topological polar surface area (TPSA) is 0 Å². The summed E-state index contributed by atoms with van der Waals surface area (Å²) in [6, 6.07) is 2.87. The summed E-state index contributed by atoms with van der Waals surface area (Å²) in [5.41, 5.74) is 2.21. The summed E-state index contributed by atoms with van der Waals surface area (Å²) in [5, 5.41) is 0. The first-order valence-corrected chi connectivity index (χ1v) is 9.34. The highest BCUT2D eigenvalue weighted by Crippen LogP contribution is 2.29. The molecule has 0 unspecified atom stereocenters. The van der Waals surface area contributed by atoms with E-state index in [9.17, 15) is 8.78 Å². The smallest absolute Gasteiger partial charge is 0.142 e. The standard InChI is InChI=1S/C21H25ClF2/c1-2-3-4-5-18-14-20(23)19(21(24)15-18)11-10-16-6-8-17(9-7-16)12-13-22/h12-17H,2-9H2,1H3/t16-,17-. The average molecular weight is 351 g/mol. The second-order valence-electron chi connectivity index (χ2n) is 6.59. The fourth-order valence-electron chi connectivity index (χ4n) is 3.20. The van der Waals surface area contributed by atoms with E-state index in [0.717, 1.165) is 50.5 Å². The first-order chi connectivity index (χ1) is 11.6. The molecule has 2 rings (SSSR count). The van der Waals surface area contributed by atoms with Crippen LogP contribution in [0.15, 0.2) is 23.7 Å². The summed E-state index contributed by atoms with van der Waals surface area (Å²) < 4.78 is 28.3. The van der Waals surface area contributed by atoms with Gasteiger partial charge >= 0.3 is 0 Å². The lowest BCUT2D eigenvalue weighted by Gasteiger charge is -2.22. The molecule has 0 aliphatic heterocycles. The summed E-state index contributed by atoms with van der Waals surface area (Å²) >= 11 is 5.61. The molecule has 1 aliphatic carbocycles. The Kier molecular flexibility index (Phi) is 7.79. The third kappa shape index (κ3) is 5.64. The van der Waals surface area contributed by atoms with Gasteiger partial charge in [0.1, 0.15) is 11.6 Å². The van der Waals surface area contributed by atoms with Gasteiger partial charge in [-0.1, -0.05) is 49.3 Å². The Bertz CT molecular complexity index is 593. The first kappa shape index (κ1) is 19.0. The first-order valence-electron chi connectivity index (χ1n) is 8.90. The Morgan fingerprint density at radius 3 is 2.38 bits per heavy atom. The van der Waals surface area contributed by atoms with Crippen molar-refractivity contribution in [2.45, 2.75) is 58.3 Å². The van der Waals surface area contributed by atoms with Crippen LogP contribution in [0.5, 0.6) is 0 Å². The molecule has 1 aliphatic rings. The highest BCUT2D eigenvalue weighted by atomic mass is 35.5. The number of hydrogen-bond donors (Lipinski definition) is 0. The quantitative estimate of drug-likeness (QED) is 0.414. The maximum Gasteiger partial charge on any atom is 0.142 e. The number of rotatable bonds is 5. The minimum atomic E-state index is -0.534. The molecule has 0 nitrogen and oxygen atoms in total. The van der Waals surface area contributed by atoms with E-state index in [2.05, 4.69) is 18.8 Å². The zero-order chi connectivity index (χ0) is 17.4. The Morgan fingerprint density at radius 1 is 1.12 bits per heavy atom. The van der Waals surface area contributed by atoms with Gasteiger partial charge in [0.25, 0.3) is 0 Å². The molecule has 0 spiro atoms. The van der Waals surface area contributed by atoms with Crippen LogP contribution in [-0.2, 0) is 6.42 Å². The minimum Gasteiger partial charge on any atom is -0.206 e. The maximum atomic E-state index is 14.2. The van der Waals surface area contributed by atoms with Gasteiger partial charge in [-0.15, -0.1) is 0 Å². The Hall–Kier alpha value is -1.33. The third-order valence-corrected chi connectivity index (χ3v) is 4.83. The van der Waals surface area contributed by atoms with E-state index in [0.29, 0.717) is 12.3 Å². The molecule has 1 aromatic rings. The van der Waals surface area contributed by atoms with E-state index >= 15 is 0 Å². The largest absolute Gasteiger partial charge is 0.206 e. The molecular weight excluding hydrogens is 326 g/mol. The highest BCUT2D eigenvalue weighted by Gasteiger charge is 2.18. The molecule has 0 amide bonds. The van der Waals surface area contributed by atoms with Gasteiger partial charge in [0, 0.05) is 11.5 Å². The molecule has 0 bridgehead atoms. The number of halogens is 3. The molecule has 0 heterocycles. The Labute approximate surface area is 149 Å². The van der Waals surface area contributed by atoms with Gasteiger partial charge < -0.3 is 0 Å². The lowest BCUT2D eigenvalue weighted by molar-refractivity contribution is 0.365. The molecule has 1 fully saturated rings. The average Bonchev–Trinajstić information content (AvgIpc) is 2.56. The van der Waals surface area contributed by atoms with E-state index in [1.807, 2.05) is 6.08 Å². The summed E-state index contributed by atoms with van der Waals surface area (Å²) in [6.07, 6.45) is 9.84. The van der Waals surface area contributed by atoms with Gasteiger partial charge in [-0.3, -0.25) is 0 Å². The Morgan fingerprint density at radius 2 is 1.79 bits per heavy atom. The van der Waals surface area contributed by atoms with Crippen LogP contribution in [0.2, 0.25) is 0 Å². The van der Waals surface area contributed by atoms with Crippen LogP contribution in [-0.4, -0.2) is 0 Å². The zero-order valence-electron chi connectivity index (χ0n) is 14.3. The van der Waals surface area contributed by atoms with Crippen LogP contribution in [0.4, 0.5) is 8.78 Å². The van der Waals surface area contributed by atoms with E-state index in [4.69, 9.17) is 11.6 Å². The third-order valence-electron chi connectivity index (χ3n) is 4.69. The van der Waals surface area contributed by atoms with Gasteiger partial charge in [0.2, 0.25) is 0 Å². The number of allylic oxidation sites excluding steroid dienone is 1. The molecule has 3 heteroatoms. The lowest BCUT2D eigenvalue weighted by Crippen LogP contribution is -2.11. The van der Waals surface area contributed by atoms with Crippen LogP contribution in [0.3, 0.4) is 0 Å². The second kappa shape index (κ2) is 9.84. The van der Waals surface area contributed by atoms with E-state index in [1.54, 1.807) is 5.54 Å².